The first-order valence-corrected chi connectivity index (χ1v) is 11.0. The minimum Gasteiger partial charge on any atom is -0.493 e. The molecule has 1 heterocycles. The Kier molecular flexibility index (Phi) is 7.95. The molecule has 1 N–H and O–H groups in total. The van der Waals surface area contributed by atoms with Gasteiger partial charge in [0.1, 0.15) is 11.6 Å². The van der Waals surface area contributed by atoms with E-state index in [1.165, 1.54) is 18.2 Å². The molecule has 10 heteroatoms. The lowest BCUT2D eigenvalue weighted by Gasteiger charge is -2.34. The molecule has 4 nitrogen and oxygen atoms in total. The van der Waals surface area contributed by atoms with Crippen LogP contribution in [0.3, 0.4) is 0 Å². The summed E-state index contributed by atoms with van der Waals surface area (Å²) in [5, 5.41) is 2.78. The lowest BCUT2D eigenvalue weighted by Crippen LogP contribution is -2.49. The molecule has 1 amide bonds. The van der Waals surface area contributed by atoms with Crippen molar-refractivity contribution in [2.75, 3.05) is 26.2 Å². The largest absolute Gasteiger partial charge is 0.493 e. The summed E-state index contributed by atoms with van der Waals surface area (Å²) in [6, 6.07) is 4.23. The number of nitrogens with one attached hydrogen (secondary N) is 1. The normalized spacial score (nSPS) is 18.9. The van der Waals surface area contributed by atoms with E-state index in [0.29, 0.717) is 31.6 Å². The molecule has 0 aromatic heterocycles. The first-order valence-electron chi connectivity index (χ1n) is 11.0. The molecule has 1 saturated carbocycles. The van der Waals surface area contributed by atoms with Crippen molar-refractivity contribution in [1.82, 2.24) is 10.2 Å². The minimum atomic E-state index is -5.53. The summed E-state index contributed by atoms with van der Waals surface area (Å²) in [7, 11) is 0. The molecule has 2 fully saturated rings. The summed E-state index contributed by atoms with van der Waals surface area (Å²) in [6.07, 6.45) is -0.155. The van der Waals surface area contributed by atoms with Crippen molar-refractivity contribution in [2.45, 2.75) is 63.1 Å². The second-order valence-electron chi connectivity index (χ2n) is 8.66. The van der Waals surface area contributed by atoms with Gasteiger partial charge in [0.2, 0.25) is 0 Å². The summed E-state index contributed by atoms with van der Waals surface area (Å²) in [5.74, 6) is -5.24. The average Bonchev–Trinajstić information content (AvgIpc) is 2.68. The monoisotopic (exact) mass is 466 g/mol. The van der Waals surface area contributed by atoms with Gasteiger partial charge < -0.3 is 10.1 Å². The Bertz CT molecular complexity index is 774. The SMILES string of the molecule is O=C(NC1CCC1)c1ccc(OCCCC2CCN(CC(F)(F)C(F)(F)F)CC2)cc1F. The molecule has 3 rings (SSSR count). The predicted molar refractivity (Wildman–Crippen MR) is 106 cm³/mol. The van der Waals surface area contributed by atoms with E-state index in [9.17, 15) is 31.1 Å². The first kappa shape index (κ1) is 24.7. The number of piperidine rings is 1. The Labute approximate surface area is 183 Å². The molecular weight excluding hydrogens is 438 g/mol. The second-order valence-corrected chi connectivity index (χ2v) is 8.66. The van der Waals surface area contributed by atoms with Crippen molar-refractivity contribution < 1.29 is 35.9 Å². The average molecular weight is 466 g/mol. The first-order chi connectivity index (χ1) is 15.0. The van der Waals surface area contributed by atoms with Crippen molar-refractivity contribution >= 4 is 5.91 Å². The number of benzene rings is 1. The fourth-order valence-corrected chi connectivity index (χ4v) is 3.95. The van der Waals surface area contributed by atoms with Crippen LogP contribution < -0.4 is 10.1 Å². The van der Waals surface area contributed by atoms with E-state index >= 15 is 0 Å². The maximum atomic E-state index is 14.2. The molecule has 1 saturated heterocycles. The Hall–Kier alpha value is -1.97. The molecule has 0 spiro atoms. The number of amides is 1. The zero-order chi connectivity index (χ0) is 23.4. The van der Waals surface area contributed by atoms with Gasteiger partial charge in [0.05, 0.1) is 18.7 Å². The summed E-state index contributed by atoms with van der Waals surface area (Å²) < 4.78 is 83.1. The Balaban J connectivity index is 1.34. The minimum absolute atomic E-state index is 0.0212. The molecule has 1 aromatic carbocycles. The van der Waals surface area contributed by atoms with Crippen LogP contribution in [0.15, 0.2) is 18.2 Å². The van der Waals surface area contributed by atoms with Gasteiger partial charge in [0.25, 0.3) is 5.91 Å². The Morgan fingerprint density at radius 3 is 2.34 bits per heavy atom. The van der Waals surface area contributed by atoms with Gasteiger partial charge in [0.15, 0.2) is 0 Å². The number of carbonyl (C=O) groups is 1. The van der Waals surface area contributed by atoms with Crippen LogP contribution in [0.2, 0.25) is 0 Å². The van der Waals surface area contributed by atoms with Gasteiger partial charge in [-0.15, -0.1) is 0 Å². The zero-order valence-electron chi connectivity index (χ0n) is 17.7. The molecule has 32 heavy (non-hydrogen) atoms. The molecule has 0 radical (unpaired) electrons. The quantitative estimate of drug-likeness (QED) is 0.403. The van der Waals surface area contributed by atoms with Crippen LogP contribution in [0, 0.1) is 11.7 Å². The van der Waals surface area contributed by atoms with Gasteiger partial charge in [-0.2, -0.15) is 22.0 Å². The van der Waals surface area contributed by atoms with Crippen molar-refractivity contribution in [3.63, 3.8) is 0 Å². The van der Waals surface area contributed by atoms with E-state index in [1.54, 1.807) is 0 Å². The van der Waals surface area contributed by atoms with Crippen molar-refractivity contribution in [3.8, 4) is 5.75 Å². The van der Waals surface area contributed by atoms with Crippen molar-refractivity contribution in [2.24, 2.45) is 5.92 Å². The Morgan fingerprint density at radius 2 is 1.78 bits per heavy atom. The smallest absolute Gasteiger partial charge is 0.454 e. The van der Waals surface area contributed by atoms with Crippen LogP contribution in [0.25, 0.3) is 0 Å². The van der Waals surface area contributed by atoms with E-state index in [-0.39, 0.29) is 30.6 Å². The van der Waals surface area contributed by atoms with Crippen LogP contribution in [0.1, 0.15) is 55.3 Å². The summed E-state index contributed by atoms with van der Waals surface area (Å²) in [6.45, 7) is -0.578. The van der Waals surface area contributed by atoms with Crippen LogP contribution >= 0.6 is 0 Å². The highest BCUT2D eigenvalue weighted by atomic mass is 19.4. The molecular formula is C22H28F6N2O2. The number of halogens is 6. The van der Waals surface area contributed by atoms with E-state index in [4.69, 9.17) is 4.74 Å². The number of likely N-dealkylation sites (tertiary alicyclic amines) is 1. The number of alkyl halides is 5. The molecule has 0 unspecified atom stereocenters. The van der Waals surface area contributed by atoms with Crippen LogP contribution in [0.5, 0.6) is 5.75 Å². The summed E-state index contributed by atoms with van der Waals surface area (Å²) >= 11 is 0. The lowest BCUT2D eigenvalue weighted by molar-refractivity contribution is -0.287. The molecule has 0 bridgehead atoms. The number of carbonyl (C=O) groups excluding carboxylic acids is 1. The molecule has 1 aromatic rings. The van der Waals surface area contributed by atoms with E-state index < -0.39 is 30.4 Å². The highest BCUT2D eigenvalue weighted by molar-refractivity contribution is 5.94. The van der Waals surface area contributed by atoms with Crippen LogP contribution in [-0.2, 0) is 0 Å². The molecule has 1 aliphatic heterocycles. The highest BCUT2D eigenvalue weighted by Gasteiger charge is 2.58. The zero-order valence-corrected chi connectivity index (χ0v) is 17.7. The maximum absolute atomic E-state index is 14.2. The van der Waals surface area contributed by atoms with Gasteiger partial charge in [-0.05, 0) is 76.1 Å². The summed E-state index contributed by atoms with van der Waals surface area (Å²) in [5.41, 5.74) is -0.0212. The van der Waals surface area contributed by atoms with Gasteiger partial charge in [-0.1, -0.05) is 0 Å². The summed E-state index contributed by atoms with van der Waals surface area (Å²) in [4.78, 5) is 13.2. The topological polar surface area (TPSA) is 41.6 Å². The van der Waals surface area contributed by atoms with Crippen LogP contribution in [0.4, 0.5) is 26.3 Å². The van der Waals surface area contributed by atoms with Crippen molar-refractivity contribution in [1.29, 1.82) is 0 Å². The maximum Gasteiger partial charge on any atom is 0.454 e. The van der Waals surface area contributed by atoms with E-state index in [0.717, 1.165) is 30.6 Å². The van der Waals surface area contributed by atoms with Crippen molar-refractivity contribution in [3.05, 3.63) is 29.6 Å². The number of nitrogens with zero attached hydrogens (tertiary/aromatic N) is 1. The van der Waals surface area contributed by atoms with Crippen LogP contribution in [-0.4, -0.2) is 55.2 Å². The third-order valence-electron chi connectivity index (χ3n) is 6.20. The van der Waals surface area contributed by atoms with Gasteiger partial charge in [0, 0.05) is 12.1 Å². The van der Waals surface area contributed by atoms with Gasteiger partial charge in [-0.3, -0.25) is 9.69 Å². The highest BCUT2D eigenvalue weighted by Crippen LogP contribution is 2.37. The lowest BCUT2D eigenvalue weighted by atomic mass is 9.92. The predicted octanol–water partition coefficient (Wildman–Crippen LogP) is 5.18. The molecule has 180 valence electrons. The number of ether oxygens (including phenoxy) is 1. The number of hydrogen-bond acceptors (Lipinski definition) is 3. The molecule has 2 aliphatic rings. The second kappa shape index (κ2) is 10.3. The number of hydrogen-bond donors (Lipinski definition) is 1. The van der Waals surface area contributed by atoms with Gasteiger partial charge in [-0.25, -0.2) is 4.39 Å². The number of rotatable bonds is 9. The van der Waals surface area contributed by atoms with E-state index in [1.807, 2.05) is 0 Å². The molecule has 1 aliphatic carbocycles. The third-order valence-corrected chi connectivity index (χ3v) is 6.20. The van der Waals surface area contributed by atoms with Gasteiger partial charge >= 0.3 is 12.1 Å². The standard InChI is InChI=1S/C22H28F6N2O2/c23-19-13-17(6-7-18(19)20(31)29-16-4-1-5-16)32-12-2-3-15-8-10-30(11-9-15)14-21(24,25)22(26,27)28/h6-7,13,15-16H,1-5,8-12,14H2,(H,29,31). The van der Waals surface area contributed by atoms with E-state index in [2.05, 4.69) is 5.32 Å². The third kappa shape index (κ3) is 6.52. The molecule has 0 atom stereocenters. The fraction of sp³-hybridized carbons (Fsp3) is 0.682. The Morgan fingerprint density at radius 1 is 1.09 bits per heavy atom. The fourth-order valence-electron chi connectivity index (χ4n) is 3.95.